The molecule has 3 nitrogen and oxygen atoms in total. The average Bonchev–Trinajstić information content (AvgIpc) is 3.32. The molecule has 110 valence electrons. The summed E-state index contributed by atoms with van der Waals surface area (Å²) in [5.41, 5.74) is 2.47. The van der Waals surface area contributed by atoms with E-state index in [-0.39, 0.29) is 0 Å². The van der Waals surface area contributed by atoms with Gasteiger partial charge in [-0.25, -0.2) is 0 Å². The standard InChI is InChI=1S/C18H21NO2/c1-20-8-7-15-10-18(15)16-9-17(12-19-11-16)21-13-14-5-3-2-4-6-14/h2-6,9,11-12,15,18H,7-8,10,13H2,1H3/t15-,18-/m0/s1. The molecule has 1 fully saturated rings. The highest BCUT2D eigenvalue weighted by molar-refractivity contribution is 5.30. The van der Waals surface area contributed by atoms with E-state index < -0.39 is 0 Å². The van der Waals surface area contributed by atoms with Gasteiger partial charge < -0.3 is 9.47 Å². The second-order valence-corrected chi connectivity index (χ2v) is 5.61. The van der Waals surface area contributed by atoms with Crippen molar-refractivity contribution >= 4 is 0 Å². The van der Waals surface area contributed by atoms with Crippen LogP contribution in [-0.4, -0.2) is 18.7 Å². The van der Waals surface area contributed by atoms with Crippen molar-refractivity contribution in [3.63, 3.8) is 0 Å². The van der Waals surface area contributed by atoms with Gasteiger partial charge in [0.05, 0.1) is 6.20 Å². The molecule has 0 radical (unpaired) electrons. The molecule has 3 rings (SSSR count). The van der Waals surface area contributed by atoms with Crippen molar-refractivity contribution < 1.29 is 9.47 Å². The Labute approximate surface area is 125 Å². The van der Waals surface area contributed by atoms with Crippen LogP contribution in [0.25, 0.3) is 0 Å². The number of hydrogen-bond donors (Lipinski definition) is 0. The van der Waals surface area contributed by atoms with Crippen LogP contribution in [0.2, 0.25) is 0 Å². The van der Waals surface area contributed by atoms with E-state index in [9.17, 15) is 0 Å². The van der Waals surface area contributed by atoms with Crippen LogP contribution in [0.1, 0.15) is 29.9 Å². The number of rotatable bonds is 7. The van der Waals surface area contributed by atoms with Crippen LogP contribution in [0.4, 0.5) is 0 Å². The van der Waals surface area contributed by atoms with Gasteiger partial charge in [-0.3, -0.25) is 4.98 Å². The van der Waals surface area contributed by atoms with Crippen molar-refractivity contribution in [3.8, 4) is 5.75 Å². The van der Waals surface area contributed by atoms with Gasteiger partial charge in [0.1, 0.15) is 12.4 Å². The Bertz CT molecular complexity index is 570. The lowest BCUT2D eigenvalue weighted by molar-refractivity contribution is 0.189. The van der Waals surface area contributed by atoms with Gasteiger partial charge in [0.25, 0.3) is 0 Å². The normalized spacial score (nSPS) is 20.2. The Morgan fingerprint density at radius 2 is 2.05 bits per heavy atom. The molecule has 2 atom stereocenters. The first-order valence-electron chi connectivity index (χ1n) is 7.47. The lowest BCUT2D eigenvalue weighted by Crippen LogP contribution is -1.97. The zero-order valence-corrected chi connectivity index (χ0v) is 12.4. The number of ether oxygens (including phenoxy) is 2. The van der Waals surface area contributed by atoms with Crippen LogP contribution in [0.5, 0.6) is 5.75 Å². The van der Waals surface area contributed by atoms with Gasteiger partial charge in [0, 0.05) is 19.9 Å². The minimum absolute atomic E-state index is 0.587. The maximum atomic E-state index is 5.84. The fourth-order valence-electron chi connectivity index (χ4n) is 2.70. The zero-order chi connectivity index (χ0) is 14.5. The van der Waals surface area contributed by atoms with E-state index in [1.165, 1.54) is 17.5 Å². The summed E-state index contributed by atoms with van der Waals surface area (Å²) < 4.78 is 11.0. The van der Waals surface area contributed by atoms with Crippen molar-refractivity contribution in [2.75, 3.05) is 13.7 Å². The average molecular weight is 283 g/mol. The highest BCUT2D eigenvalue weighted by Crippen LogP contribution is 2.49. The molecule has 1 aliphatic carbocycles. The molecule has 0 N–H and O–H groups in total. The van der Waals surface area contributed by atoms with Gasteiger partial charge in [-0.15, -0.1) is 0 Å². The van der Waals surface area contributed by atoms with Crippen molar-refractivity contribution in [2.45, 2.75) is 25.4 Å². The van der Waals surface area contributed by atoms with E-state index in [4.69, 9.17) is 9.47 Å². The Morgan fingerprint density at radius 1 is 1.19 bits per heavy atom. The molecule has 1 aromatic carbocycles. The third-order valence-electron chi connectivity index (χ3n) is 4.03. The molecule has 0 saturated heterocycles. The predicted molar refractivity (Wildman–Crippen MR) is 82.4 cm³/mol. The summed E-state index contributed by atoms with van der Waals surface area (Å²) in [4.78, 5) is 4.32. The lowest BCUT2D eigenvalue weighted by atomic mass is 10.1. The summed E-state index contributed by atoms with van der Waals surface area (Å²) in [6.45, 7) is 1.43. The van der Waals surface area contributed by atoms with Crippen molar-refractivity contribution in [2.24, 2.45) is 5.92 Å². The Kier molecular flexibility index (Phi) is 4.51. The van der Waals surface area contributed by atoms with E-state index in [1.807, 2.05) is 24.4 Å². The molecule has 0 bridgehead atoms. The molecule has 0 spiro atoms. The van der Waals surface area contributed by atoms with E-state index in [2.05, 4.69) is 23.2 Å². The first-order chi connectivity index (χ1) is 10.4. The topological polar surface area (TPSA) is 31.4 Å². The quantitative estimate of drug-likeness (QED) is 0.774. The van der Waals surface area contributed by atoms with E-state index in [0.29, 0.717) is 12.5 Å². The lowest BCUT2D eigenvalue weighted by Gasteiger charge is -2.07. The Balaban J connectivity index is 1.57. The summed E-state index contributed by atoms with van der Waals surface area (Å²) in [6.07, 6.45) is 6.13. The van der Waals surface area contributed by atoms with Gasteiger partial charge in [0.15, 0.2) is 0 Å². The largest absolute Gasteiger partial charge is 0.487 e. The fourth-order valence-corrected chi connectivity index (χ4v) is 2.70. The van der Waals surface area contributed by atoms with Gasteiger partial charge in [-0.2, -0.15) is 0 Å². The number of aromatic nitrogens is 1. The predicted octanol–water partition coefficient (Wildman–Crippen LogP) is 3.80. The first kappa shape index (κ1) is 14.1. The maximum absolute atomic E-state index is 5.84. The molecule has 2 aromatic rings. The van der Waals surface area contributed by atoms with Crippen molar-refractivity contribution in [3.05, 3.63) is 59.9 Å². The summed E-state index contributed by atoms with van der Waals surface area (Å²) in [7, 11) is 1.76. The number of nitrogens with zero attached hydrogens (tertiary/aromatic N) is 1. The first-order valence-corrected chi connectivity index (χ1v) is 7.47. The van der Waals surface area contributed by atoms with Crippen LogP contribution in [0, 0.1) is 5.92 Å². The Morgan fingerprint density at radius 3 is 2.86 bits per heavy atom. The van der Waals surface area contributed by atoms with Crippen LogP contribution in [0.3, 0.4) is 0 Å². The van der Waals surface area contributed by atoms with E-state index in [0.717, 1.165) is 24.7 Å². The van der Waals surface area contributed by atoms with E-state index >= 15 is 0 Å². The number of methoxy groups -OCH3 is 1. The molecule has 21 heavy (non-hydrogen) atoms. The highest BCUT2D eigenvalue weighted by Gasteiger charge is 2.37. The second-order valence-electron chi connectivity index (χ2n) is 5.61. The number of hydrogen-bond acceptors (Lipinski definition) is 3. The van der Waals surface area contributed by atoms with Crippen LogP contribution in [-0.2, 0) is 11.3 Å². The molecule has 1 heterocycles. The molecule has 1 aromatic heterocycles. The van der Waals surface area contributed by atoms with Gasteiger partial charge in [-0.05, 0) is 41.9 Å². The van der Waals surface area contributed by atoms with Gasteiger partial charge in [-0.1, -0.05) is 30.3 Å². The molecule has 3 heteroatoms. The number of benzene rings is 1. The highest BCUT2D eigenvalue weighted by atomic mass is 16.5. The van der Waals surface area contributed by atoms with Gasteiger partial charge >= 0.3 is 0 Å². The maximum Gasteiger partial charge on any atom is 0.138 e. The number of pyridine rings is 1. The SMILES string of the molecule is COCC[C@H]1C[C@@H]1c1cncc(OCc2ccccc2)c1. The summed E-state index contributed by atoms with van der Waals surface area (Å²) in [5.74, 6) is 2.23. The molecule has 0 unspecified atom stereocenters. The minimum atomic E-state index is 0.587. The monoisotopic (exact) mass is 283 g/mol. The van der Waals surface area contributed by atoms with Crippen LogP contribution >= 0.6 is 0 Å². The van der Waals surface area contributed by atoms with Gasteiger partial charge in [0.2, 0.25) is 0 Å². The third kappa shape index (κ3) is 3.82. The van der Waals surface area contributed by atoms with Crippen LogP contribution < -0.4 is 4.74 Å². The molecule has 1 saturated carbocycles. The third-order valence-corrected chi connectivity index (χ3v) is 4.03. The summed E-state index contributed by atoms with van der Waals surface area (Å²) in [6, 6.07) is 12.3. The molecule has 1 aliphatic rings. The minimum Gasteiger partial charge on any atom is -0.487 e. The van der Waals surface area contributed by atoms with Crippen molar-refractivity contribution in [1.82, 2.24) is 4.98 Å². The smallest absolute Gasteiger partial charge is 0.138 e. The Hall–Kier alpha value is -1.87. The fraction of sp³-hybridized carbons (Fsp3) is 0.389. The molecule has 0 aliphatic heterocycles. The van der Waals surface area contributed by atoms with Crippen molar-refractivity contribution in [1.29, 1.82) is 0 Å². The molecule has 0 amide bonds. The van der Waals surface area contributed by atoms with E-state index in [1.54, 1.807) is 13.3 Å². The molecular weight excluding hydrogens is 262 g/mol. The second kappa shape index (κ2) is 6.72. The zero-order valence-electron chi connectivity index (χ0n) is 12.4. The molecular formula is C18H21NO2. The summed E-state index contributed by atoms with van der Waals surface area (Å²) >= 11 is 0. The van der Waals surface area contributed by atoms with Crippen LogP contribution in [0.15, 0.2) is 48.8 Å². The summed E-state index contributed by atoms with van der Waals surface area (Å²) in [5, 5.41) is 0.